The van der Waals surface area contributed by atoms with Gasteiger partial charge in [-0.1, -0.05) is 36.4 Å². The number of rotatable bonds is 6. The van der Waals surface area contributed by atoms with Crippen molar-refractivity contribution in [2.24, 2.45) is 0 Å². The van der Waals surface area contributed by atoms with Crippen LogP contribution >= 0.6 is 11.8 Å². The summed E-state index contributed by atoms with van der Waals surface area (Å²) in [4.78, 5) is 12.2. The van der Waals surface area contributed by atoms with Crippen LogP contribution in [-0.2, 0) is 11.4 Å². The zero-order chi connectivity index (χ0) is 17.6. The molecular formula is C19H18N2O3S. The molecule has 25 heavy (non-hydrogen) atoms. The average Bonchev–Trinajstić information content (AvgIpc) is 2.92. The van der Waals surface area contributed by atoms with Gasteiger partial charge in [-0.3, -0.25) is 10.2 Å². The van der Waals surface area contributed by atoms with E-state index in [4.69, 9.17) is 14.9 Å². The summed E-state index contributed by atoms with van der Waals surface area (Å²) >= 11 is 1.11. The molecule has 0 aliphatic carbocycles. The lowest BCUT2D eigenvalue weighted by Gasteiger charge is -2.13. The smallest absolute Gasteiger partial charge is 0.264 e. The van der Waals surface area contributed by atoms with Crippen molar-refractivity contribution in [3.8, 4) is 11.5 Å². The van der Waals surface area contributed by atoms with Crippen LogP contribution in [0.3, 0.4) is 0 Å². The molecule has 0 unspecified atom stereocenters. The lowest BCUT2D eigenvalue weighted by atomic mass is 10.2. The second kappa shape index (κ2) is 7.90. The number of hydrogen-bond acceptors (Lipinski definition) is 5. The van der Waals surface area contributed by atoms with Gasteiger partial charge in [0.25, 0.3) is 5.91 Å². The van der Waals surface area contributed by atoms with Gasteiger partial charge in [0.15, 0.2) is 16.7 Å². The highest BCUT2D eigenvalue weighted by Crippen LogP contribution is 2.32. The Morgan fingerprint density at radius 1 is 1.12 bits per heavy atom. The largest absolute Gasteiger partial charge is 0.490 e. The highest BCUT2D eigenvalue weighted by Gasteiger charge is 2.22. The van der Waals surface area contributed by atoms with Gasteiger partial charge in [0.2, 0.25) is 0 Å². The number of nitrogens with one attached hydrogen (secondary N) is 2. The van der Waals surface area contributed by atoms with Crippen molar-refractivity contribution in [1.82, 2.24) is 5.32 Å². The fourth-order valence-corrected chi connectivity index (χ4v) is 3.03. The molecule has 1 fully saturated rings. The van der Waals surface area contributed by atoms with Gasteiger partial charge in [-0.05, 0) is 48.0 Å². The molecule has 0 aromatic heterocycles. The molecule has 0 spiro atoms. The molecule has 1 aliphatic heterocycles. The van der Waals surface area contributed by atoms with Gasteiger partial charge >= 0.3 is 0 Å². The average molecular weight is 354 g/mol. The summed E-state index contributed by atoms with van der Waals surface area (Å²) in [6.45, 7) is 2.88. The van der Waals surface area contributed by atoms with Crippen LogP contribution in [0.2, 0.25) is 0 Å². The molecule has 1 saturated heterocycles. The third-order valence-corrected chi connectivity index (χ3v) is 4.29. The van der Waals surface area contributed by atoms with Crippen LogP contribution in [-0.4, -0.2) is 17.7 Å². The molecule has 5 nitrogen and oxygen atoms in total. The van der Waals surface area contributed by atoms with E-state index < -0.39 is 0 Å². The topological polar surface area (TPSA) is 71.4 Å². The van der Waals surface area contributed by atoms with Gasteiger partial charge in [0.05, 0.1) is 11.5 Å². The van der Waals surface area contributed by atoms with E-state index in [0.717, 1.165) is 22.9 Å². The van der Waals surface area contributed by atoms with Crippen LogP contribution in [0.1, 0.15) is 18.1 Å². The van der Waals surface area contributed by atoms with Crippen LogP contribution in [0.25, 0.3) is 6.08 Å². The first kappa shape index (κ1) is 17.1. The van der Waals surface area contributed by atoms with E-state index in [0.29, 0.717) is 29.6 Å². The first-order chi connectivity index (χ1) is 12.2. The minimum absolute atomic E-state index is 0.143. The number of amidine groups is 1. The normalized spacial score (nSPS) is 15.3. The predicted octanol–water partition coefficient (Wildman–Crippen LogP) is 3.80. The van der Waals surface area contributed by atoms with Crippen molar-refractivity contribution in [2.45, 2.75) is 13.5 Å². The molecule has 0 atom stereocenters. The quantitative estimate of drug-likeness (QED) is 0.774. The first-order valence-corrected chi connectivity index (χ1v) is 8.70. The fraction of sp³-hybridized carbons (Fsp3) is 0.158. The predicted molar refractivity (Wildman–Crippen MR) is 99.8 cm³/mol. The number of amides is 1. The maximum atomic E-state index is 11.7. The first-order valence-electron chi connectivity index (χ1n) is 7.88. The molecular weight excluding hydrogens is 336 g/mol. The van der Waals surface area contributed by atoms with Gasteiger partial charge in [0, 0.05) is 0 Å². The molecule has 2 N–H and O–H groups in total. The molecule has 3 rings (SSSR count). The van der Waals surface area contributed by atoms with E-state index in [9.17, 15) is 4.79 Å². The summed E-state index contributed by atoms with van der Waals surface area (Å²) < 4.78 is 11.5. The zero-order valence-electron chi connectivity index (χ0n) is 13.7. The number of hydrogen-bond donors (Lipinski definition) is 2. The minimum Gasteiger partial charge on any atom is -0.490 e. The molecule has 128 valence electrons. The van der Waals surface area contributed by atoms with Gasteiger partial charge in [-0.25, -0.2) is 0 Å². The van der Waals surface area contributed by atoms with Gasteiger partial charge < -0.3 is 14.8 Å². The number of benzene rings is 2. The zero-order valence-corrected chi connectivity index (χ0v) is 14.6. The molecule has 0 bridgehead atoms. The van der Waals surface area contributed by atoms with E-state index >= 15 is 0 Å². The van der Waals surface area contributed by atoms with Crippen molar-refractivity contribution in [3.05, 3.63) is 64.6 Å². The summed E-state index contributed by atoms with van der Waals surface area (Å²) in [6, 6.07) is 15.5. The summed E-state index contributed by atoms with van der Waals surface area (Å²) in [7, 11) is 0. The van der Waals surface area contributed by atoms with Crippen LogP contribution in [0.5, 0.6) is 11.5 Å². The Morgan fingerprint density at radius 2 is 1.92 bits per heavy atom. The summed E-state index contributed by atoms with van der Waals surface area (Å²) in [5, 5.41) is 10.1. The number of thioether (sulfide) groups is 1. The monoisotopic (exact) mass is 354 g/mol. The standard InChI is InChI=1S/C19H18N2O3S/c1-2-23-16-10-14(11-17-18(22)21-19(20)25-17)8-9-15(16)24-12-13-6-4-3-5-7-13/h3-11H,2,12H2,1H3,(H2,20,21,22)/b17-11-. The Balaban J connectivity index is 1.79. The van der Waals surface area contributed by atoms with Crippen LogP contribution in [0.4, 0.5) is 0 Å². The molecule has 6 heteroatoms. The SMILES string of the molecule is CCOc1cc(/C=C2\SC(=N)NC2=O)ccc1OCc1ccccc1. The van der Waals surface area contributed by atoms with Crippen molar-refractivity contribution in [2.75, 3.05) is 6.61 Å². The highest BCUT2D eigenvalue weighted by molar-refractivity contribution is 8.18. The van der Waals surface area contributed by atoms with Gasteiger partial charge in [-0.2, -0.15) is 0 Å². The lowest BCUT2D eigenvalue weighted by molar-refractivity contribution is -0.115. The summed E-state index contributed by atoms with van der Waals surface area (Å²) in [6.07, 6.45) is 1.74. The number of ether oxygens (including phenoxy) is 2. The van der Waals surface area contributed by atoms with Gasteiger partial charge in [-0.15, -0.1) is 0 Å². The lowest BCUT2D eigenvalue weighted by Crippen LogP contribution is -2.18. The molecule has 0 radical (unpaired) electrons. The van der Waals surface area contributed by atoms with Crippen LogP contribution in [0, 0.1) is 5.41 Å². The molecule has 1 amide bonds. The minimum atomic E-state index is -0.252. The third kappa shape index (κ3) is 4.42. The van der Waals surface area contributed by atoms with E-state index in [1.165, 1.54) is 0 Å². The van der Waals surface area contributed by atoms with Crippen molar-refractivity contribution >= 4 is 28.9 Å². The Bertz CT molecular complexity index is 819. The summed E-state index contributed by atoms with van der Waals surface area (Å²) in [5.41, 5.74) is 1.90. The van der Waals surface area contributed by atoms with Crippen LogP contribution in [0.15, 0.2) is 53.4 Å². The van der Waals surface area contributed by atoms with E-state index in [1.807, 2.05) is 55.5 Å². The maximum absolute atomic E-state index is 11.7. The van der Waals surface area contributed by atoms with E-state index in [2.05, 4.69) is 5.32 Å². The molecule has 2 aromatic carbocycles. The Kier molecular flexibility index (Phi) is 5.40. The van der Waals surface area contributed by atoms with Crippen molar-refractivity contribution in [1.29, 1.82) is 5.41 Å². The molecule has 2 aromatic rings. The molecule has 0 saturated carbocycles. The Hall–Kier alpha value is -2.73. The molecule has 1 heterocycles. The number of carbonyl (C=O) groups is 1. The van der Waals surface area contributed by atoms with Gasteiger partial charge in [0.1, 0.15) is 6.61 Å². The maximum Gasteiger partial charge on any atom is 0.264 e. The highest BCUT2D eigenvalue weighted by atomic mass is 32.2. The Morgan fingerprint density at radius 3 is 2.60 bits per heavy atom. The van der Waals surface area contributed by atoms with Crippen molar-refractivity contribution < 1.29 is 14.3 Å². The number of carbonyl (C=O) groups excluding carboxylic acids is 1. The van der Waals surface area contributed by atoms with Crippen molar-refractivity contribution in [3.63, 3.8) is 0 Å². The summed E-state index contributed by atoms with van der Waals surface area (Å²) in [5.74, 6) is 1.03. The Labute approximate surface area is 150 Å². The second-order valence-electron chi connectivity index (χ2n) is 5.31. The third-order valence-electron chi connectivity index (χ3n) is 3.47. The second-order valence-corrected chi connectivity index (χ2v) is 6.36. The van der Waals surface area contributed by atoms with E-state index in [1.54, 1.807) is 6.08 Å². The van der Waals surface area contributed by atoms with E-state index in [-0.39, 0.29) is 11.1 Å². The fourth-order valence-electron chi connectivity index (χ4n) is 2.33. The van der Waals surface area contributed by atoms with Crippen LogP contribution < -0.4 is 14.8 Å². The molecule has 1 aliphatic rings.